The highest BCUT2D eigenvalue weighted by atomic mass is 79.9. The number of amides is 1. The molecule has 2 saturated heterocycles. The molecule has 0 bridgehead atoms. The molecule has 10 heteroatoms. The van der Waals surface area contributed by atoms with Crippen molar-refractivity contribution in [2.24, 2.45) is 5.41 Å². The maximum absolute atomic E-state index is 12.6. The third kappa shape index (κ3) is 6.58. The van der Waals surface area contributed by atoms with E-state index in [9.17, 15) is 9.90 Å². The summed E-state index contributed by atoms with van der Waals surface area (Å²) in [5.41, 5.74) is 0.654. The van der Waals surface area contributed by atoms with Crippen LogP contribution in [0.3, 0.4) is 0 Å². The number of hydrogen-bond donors (Lipinski definition) is 1. The van der Waals surface area contributed by atoms with Crippen molar-refractivity contribution in [1.29, 1.82) is 0 Å². The number of hydrogen-bond acceptors (Lipinski definition) is 6. The van der Waals surface area contributed by atoms with Crippen LogP contribution in [0.5, 0.6) is 0 Å². The van der Waals surface area contributed by atoms with Crippen LogP contribution in [0.4, 0.5) is 4.79 Å². The number of rotatable bonds is 7. The fraction of sp³-hybridized carbons (Fsp3) is 0.724. The average Bonchev–Trinajstić information content (AvgIpc) is 3.28. The van der Waals surface area contributed by atoms with Crippen molar-refractivity contribution in [3.8, 4) is 0 Å². The van der Waals surface area contributed by atoms with Crippen LogP contribution in [0, 0.1) is 5.41 Å². The predicted molar refractivity (Wildman–Crippen MR) is 154 cm³/mol. The first-order valence-electron chi connectivity index (χ1n) is 14.2. The van der Waals surface area contributed by atoms with Gasteiger partial charge in [-0.2, -0.15) is 5.10 Å². The van der Waals surface area contributed by atoms with E-state index in [0.29, 0.717) is 44.2 Å². The Morgan fingerprint density at radius 1 is 1.31 bits per heavy atom. The highest BCUT2D eigenvalue weighted by Crippen LogP contribution is 2.53. The van der Waals surface area contributed by atoms with E-state index >= 15 is 0 Å². The maximum Gasteiger partial charge on any atom is 0.410 e. The molecule has 3 fully saturated rings. The summed E-state index contributed by atoms with van der Waals surface area (Å²) in [5.74, 6) is 0. The monoisotopic (exact) mass is 625 g/mol. The van der Waals surface area contributed by atoms with Crippen LogP contribution in [0.1, 0.15) is 83.9 Å². The van der Waals surface area contributed by atoms with Gasteiger partial charge in [0, 0.05) is 41.2 Å². The molecule has 2 aromatic rings. The molecule has 1 atom stereocenters. The number of aliphatic hydroxyl groups is 1. The Morgan fingerprint density at radius 2 is 2.10 bits per heavy atom. The van der Waals surface area contributed by atoms with Crippen LogP contribution in [0.25, 0.3) is 10.9 Å². The number of piperidine rings is 1. The lowest BCUT2D eigenvalue weighted by atomic mass is 9.56. The fourth-order valence-electron chi connectivity index (χ4n) is 6.57. The first-order chi connectivity index (χ1) is 18.5. The SMILES string of the molecule is CC(C)(C)OC(=O)N1CCCC2(C1)CC(O)(COCCCc1c(Cl)cc3c(cnn3C3CCCCO3)c1Br)C2. The molecule has 0 radical (unpaired) electrons. The van der Waals surface area contributed by atoms with Crippen molar-refractivity contribution < 1.29 is 24.1 Å². The Morgan fingerprint density at radius 3 is 2.82 bits per heavy atom. The van der Waals surface area contributed by atoms with Crippen molar-refractivity contribution in [2.45, 2.75) is 96.0 Å². The second-order valence-electron chi connectivity index (χ2n) is 12.7. The normalized spacial score (nSPS) is 27.6. The second-order valence-corrected chi connectivity index (χ2v) is 13.9. The summed E-state index contributed by atoms with van der Waals surface area (Å²) in [6, 6.07) is 1.99. The Labute approximate surface area is 244 Å². The standard InChI is InChI=1S/C29H41BrClN3O5/c1-27(2,3)39-26(35)33-11-7-10-28(18-33)16-29(36,17-28)19-37-12-6-8-20-22(31)14-23-21(25(20)30)15-32-34(23)24-9-4-5-13-38-24/h14-15,24,36H,4-13,16-19H2,1-3H3. The summed E-state index contributed by atoms with van der Waals surface area (Å²) in [6.07, 6.45) is 9.59. The van der Waals surface area contributed by atoms with Gasteiger partial charge < -0.3 is 24.2 Å². The maximum atomic E-state index is 12.6. The van der Waals surface area contributed by atoms with Crippen molar-refractivity contribution >= 4 is 44.5 Å². The van der Waals surface area contributed by atoms with Crippen LogP contribution in [0.2, 0.25) is 5.02 Å². The molecule has 1 aromatic heterocycles. The minimum atomic E-state index is -0.830. The number of likely N-dealkylation sites (tertiary alicyclic amines) is 1. The van der Waals surface area contributed by atoms with Gasteiger partial charge >= 0.3 is 6.09 Å². The smallest absolute Gasteiger partial charge is 0.410 e. The molecule has 1 unspecified atom stereocenters. The zero-order chi connectivity index (χ0) is 27.8. The van der Waals surface area contributed by atoms with Gasteiger partial charge in [0.1, 0.15) is 5.60 Å². The van der Waals surface area contributed by atoms with Gasteiger partial charge in [-0.1, -0.05) is 11.6 Å². The van der Waals surface area contributed by atoms with Crippen LogP contribution >= 0.6 is 27.5 Å². The van der Waals surface area contributed by atoms with E-state index in [1.807, 2.05) is 37.7 Å². The van der Waals surface area contributed by atoms with Crippen molar-refractivity contribution in [1.82, 2.24) is 14.7 Å². The quantitative estimate of drug-likeness (QED) is 0.347. The molecular formula is C29H41BrClN3O5. The molecule has 39 heavy (non-hydrogen) atoms. The summed E-state index contributed by atoms with van der Waals surface area (Å²) in [5, 5.41) is 17.4. The van der Waals surface area contributed by atoms with Crippen LogP contribution in [-0.4, -0.2) is 70.0 Å². The number of ether oxygens (including phenoxy) is 3. The molecule has 216 valence electrons. The number of carbonyl (C=O) groups excluding carboxylic acids is 1. The van der Waals surface area contributed by atoms with Gasteiger partial charge in [0.15, 0.2) is 6.23 Å². The Balaban J connectivity index is 1.09. The minimum Gasteiger partial charge on any atom is -0.444 e. The summed E-state index contributed by atoms with van der Waals surface area (Å²) < 4.78 is 20.3. The fourth-order valence-corrected chi connectivity index (χ4v) is 7.70. The molecule has 3 aliphatic rings. The predicted octanol–water partition coefficient (Wildman–Crippen LogP) is 6.64. The topological polar surface area (TPSA) is 86.0 Å². The van der Waals surface area contributed by atoms with Gasteiger partial charge in [0.2, 0.25) is 0 Å². The van der Waals surface area contributed by atoms with Crippen LogP contribution < -0.4 is 0 Å². The van der Waals surface area contributed by atoms with Gasteiger partial charge in [-0.15, -0.1) is 0 Å². The Kier molecular flexibility index (Phi) is 8.57. The third-order valence-electron chi connectivity index (χ3n) is 8.12. The highest BCUT2D eigenvalue weighted by molar-refractivity contribution is 9.10. The van der Waals surface area contributed by atoms with Crippen molar-refractivity contribution in [2.75, 3.05) is 32.9 Å². The molecule has 8 nitrogen and oxygen atoms in total. The molecular weight excluding hydrogens is 586 g/mol. The number of halogens is 2. The first-order valence-corrected chi connectivity index (χ1v) is 15.4. The van der Waals surface area contributed by atoms with Crippen molar-refractivity contribution in [3.05, 3.63) is 27.3 Å². The highest BCUT2D eigenvalue weighted by Gasteiger charge is 2.55. The lowest BCUT2D eigenvalue weighted by Crippen LogP contribution is -2.61. The van der Waals surface area contributed by atoms with Gasteiger partial charge in [0.05, 0.1) is 23.9 Å². The number of carbonyl (C=O) groups is 1. The second kappa shape index (κ2) is 11.5. The molecule has 3 heterocycles. The largest absolute Gasteiger partial charge is 0.444 e. The van der Waals surface area contributed by atoms with Gasteiger partial charge in [-0.05, 0) is 112 Å². The molecule has 5 rings (SSSR count). The number of aromatic nitrogens is 2. The summed E-state index contributed by atoms with van der Waals surface area (Å²) in [6.45, 7) is 8.62. The lowest BCUT2D eigenvalue weighted by molar-refractivity contribution is -0.180. The summed E-state index contributed by atoms with van der Waals surface area (Å²) >= 11 is 10.5. The van der Waals surface area contributed by atoms with Gasteiger partial charge in [-0.25, -0.2) is 9.48 Å². The minimum absolute atomic E-state index is 0.0336. The van der Waals surface area contributed by atoms with E-state index in [0.717, 1.165) is 72.5 Å². The van der Waals surface area contributed by atoms with E-state index in [-0.39, 0.29) is 17.7 Å². The van der Waals surface area contributed by atoms with Crippen LogP contribution in [-0.2, 0) is 20.6 Å². The molecule has 1 amide bonds. The molecule has 1 aliphatic carbocycles. The molecule has 1 saturated carbocycles. The molecule has 1 N–H and O–H groups in total. The van der Waals surface area contributed by atoms with Crippen LogP contribution in [0.15, 0.2) is 16.7 Å². The van der Waals surface area contributed by atoms with E-state index < -0.39 is 11.2 Å². The number of nitrogens with zero attached hydrogens (tertiary/aromatic N) is 3. The van der Waals surface area contributed by atoms with Gasteiger partial charge in [-0.3, -0.25) is 0 Å². The first kappa shape index (κ1) is 29.1. The zero-order valence-corrected chi connectivity index (χ0v) is 25.7. The van der Waals surface area contributed by atoms with E-state index in [4.69, 9.17) is 25.8 Å². The third-order valence-corrected chi connectivity index (χ3v) is 9.37. The van der Waals surface area contributed by atoms with Crippen molar-refractivity contribution in [3.63, 3.8) is 0 Å². The summed E-state index contributed by atoms with van der Waals surface area (Å²) in [4.78, 5) is 14.4. The molecule has 1 spiro atoms. The number of benzene rings is 1. The average molecular weight is 627 g/mol. The Bertz CT molecular complexity index is 1180. The van der Waals surface area contributed by atoms with E-state index in [1.165, 1.54) is 0 Å². The van der Waals surface area contributed by atoms with Gasteiger partial charge in [0.25, 0.3) is 0 Å². The summed E-state index contributed by atoms with van der Waals surface area (Å²) in [7, 11) is 0. The lowest BCUT2D eigenvalue weighted by Gasteiger charge is -2.56. The Hall–Kier alpha value is -1.39. The van der Waals surface area contributed by atoms with E-state index in [2.05, 4.69) is 21.0 Å². The molecule has 2 aliphatic heterocycles. The zero-order valence-electron chi connectivity index (χ0n) is 23.3. The number of fused-ring (bicyclic) bond motifs is 1. The molecule has 1 aromatic carbocycles. The van der Waals surface area contributed by atoms with E-state index in [1.54, 1.807) is 4.90 Å².